The molecular formula is C20H14N2O3S2. The number of ether oxygens (including phenoxy) is 1. The Balaban J connectivity index is 1.72. The summed E-state index contributed by atoms with van der Waals surface area (Å²) in [5.74, 6) is 0.0898. The highest BCUT2D eigenvalue weighted by atomic mass is 32.1. The third kappa shape index (κ3) is 3.11. The summed E-state index contributed by atoms with van der Waals surface area (Å²) in [6.45, 7) is 0. The summed E-state index contributed by atoms with van der Waals surface area (Å²) >= 11 is 6.49. The van der Waals surface area contributed by atoms with E-state index in [1.165, 1.54) is 11.3 Å². The SMILES string of the molecule is COc1ccc(C(=O)n2c(O)c(C=C3C=Nc4ccccc43)sc2=S)cc1. The molecule has 0 saturated heterocycles. The van der Waals surface area contributed by atoms with Crippen LogP contribution in [0.1, 0.15) is 20.8 Å². The third-order valence-corrected chi connectivity index (χ3v) is 5.51. The molecule has 1 aromatic heterocycles. The number of hydrogen-bond acceptors (Lipinski definition) is 6. The molecule has 1 aliphatic heterocycles. The van der Waals surface area contributed by atoms with Crippen molar-refractivity contribution in [3.63, 3.8) is 0 Å². The minimum absolute atomic E-state index is 0.170. The van der Waals surface area contributed by atoms with Crippen LogP contribution in [-0.4, -0.2) is 28.9 Å². The van der Waals surface area contributed by atoms with Gasteiger partial charge in [-0.2, -0.15) is 0 Å². The van der Waals surface area contributed by atoms with Crippen molar-refractivity contribution in [1.82, 2.24) is 4.57 Å². The van der Waals surface area contributed by atoms with E-state index in [1.54, 1.807) is 43.7 Å². The Hall–Kier alpha value is -3.03. The fourth-order valence-corrected chi connectivity index (χ4v) is 4.07. The second kappa shape index (κ2) is 6.94. The Morgan fingerprint density at radius 3 is 2.70 bits per heavy atom. The van der Waals surface area contributed by atoms with Gasteiger partial charge in [0.15, 0.2) is 3.95 Å². The molecule has 4 rings (SSSR count). The van der Waals surface area contributed by atoms with Crippen molar-refractivity contribution in [3.8, 4) is 11.6 Å². The zero-order chi connectivity index (χ0) is 19.0. The second-order valence-corrected chi connectivity index (χ2v) is 7.48. The first-order valence-corrected chi connectivity index (χ1v) is 9.29. The molecule has 1 aliphatic rings. The van der Waals surface area contributed by atoms with Crippen molar-refractivity contribution in [2.45, 2.75) is 0 Å². The predicted octanol–water partition coefficient (Wildman–Crippen LogP) is 4.94. The van der Waals surface area contributed by atoms with Crippen LogP contribution in [0.15, 0.2) is 53.5 Å². The fraction of sp³-hybridized carbons (Fsp3) is 0.0500. The van der Waals surface area contributed by atoms with E-state index < -0.39 is 0 Å². The molecule has 5 nitrogen and oxygen atoms in total. The van der Waals surface area contributed by atoms with Crippen LogP contribution >= 0.6 is 23.6 Å². The molecule has 134 valence electrons. The van der Waals surface area contributed by atoms with Gasteiger partial charge in [-0.3, -0.25) is 9.79 Å². The van der Waals surface area contributed by atoms with E-state index in [0.29, 0.717) is 16.2 Å². The number of allylic oxidation sites excluding steroid dienone is 1. The highest BCUT2D eigenvalue weighted by molar-refractivity contribution is 7.73. The molecule has 2 heterocycles. The Morgan fingerprint density at radius 2 is 1.96 bits per heavy atom. The van der Waals surface area contributed by atoms with Gasteiger partial charge in [-0.25, -0.2) is 4.57 Å². The van der Waals surface area contributed by atoms with E-state index >= 15 is 0 Å². The summed E-state index contributed by atoms with van der Waals surface area (Å²) in [5.41, 5.74) is 3.12. The molecule has 0 bridgehead atoms. The lowest BCUT2D eigenvalue weighted by molar-refractivity contribution is 0.0950. The predicted molar refractivity (Wildman–Crippen MR) is 110 cm³/mol. The van der Waals surface area contributed by atoms with Crippen molar-refractivity contribution in [1.29, 1.82) is 0 Å². The van der Waals surface area contributed by atoms with Crippen molar-refractivity contribution >= 4 is 53.0 Å². The molecule has 0 saturated carbocycles. The number of fused-ring (bicyclic) bond motifs is 1. The number of rotatable bonds is 3. The minimum Gasteiger partial charge on any atom is -0.497 e. The smallest absolute Gasteiger partial charge is 0.266 e. The van der Waals surface area contributed by atoms with Crippen LogP contribution in [0.4, 0.5) is 5.69 Å². The summed E-state index contributed by atoms with van der Waals surface area (Å²) in [5, 5.41) is 10.6. The maximum atomic E-state index is 12.8. The molecule has 0 fully saturated rings. The van der Waals surface area contributed by atoms with E-state index in [-0.39, 0.29) is 15.7 Å². The summed E-state index contributed by atoms with van der Waals surface area (Å²) in [6.07, 6.45) is 3.53. The van der Waals surface area contributed by atoms with E-state index in [2.05, 4.69) is 4.99 Å². The van der Waals surface area contributed by atoms with Gasteiger partial charge >= 0.3 is 0 Å². The van der Waals surface area contributed by atoms with Crippen molar-refractivity contribution < 1.29 is 14.6 Å². The normalized spacial score (nSPS) is 13.7. The zero-order valence-electron chi connectivity index (χ0n) is 14.2. The van der Waals surface area contributed by atoms with Gasteiger partial charge in [-0.05, 0) is 48.6 Å². The van der Waals surface area contributed by atoms with Gasteiger partial charge in [0.1, 0.15) is 5.75 Å². The number of aliphatic imine (C=N–C) groups is 1. The molecule has 0 radical (unpaired) electrons. The number of aromatic nitrogens is 1. The van der Waals surface area contributed by atoms with Crippen molar-refractivity contribution in [2.75, 3.05) is 7.11 Å². The lowest BCUT2D eigenvalue weighted by atomic mass is 10.1. The molecule has 27 heavy (non-hydrogen) atoms. The minimum atomic E-state index is -0.387. The van der Waals surface area contributed by atoms with Crippen molar-refractivity contribution in [2.24, 2.45) is 4.99 Å². The molecule has 0 amide bonds. The van der Waals surface area contributed by atoms with Crippen LogP contribution in [0, 0.1) is 3.95 Å². The third-order valence-electron chi connectivity index (χ3n) is 4.20. The van der Waals surface area contributed by atoms with Gasteiger partial charge in [0.05, 0.1) is 17.7 Å². The van der Waals surface area contributed by atoms with Gasteiger partial charge in [-0.15, -0.1) is 11.3 Å². The first kappa shape index (κ1) is 17.4. The highest BCUT2D eigenvalue weighted by Crippen LogP contribution is 2.36. The summed E-state index contributed by atoms with van der Waals surface area (Å²) in [4.78, 5) is 17.7. The topological polar surface area (TPSA) is 63.8 Å². The first-order valence-electron chi connectivity index (χ1n) is 8.07. The molecule has 0 spiro atoms. The standard InChI is InChI=1S/C20H14N2O3S2/c1-25-14-8-6-12(7-9-14)18(23)22-19(24)17(27-20(22)26)10-13-11-21-16-5-3-2-4-15(13)16/h2-11,24H,1H3. The highest BCUT2D eigenvalue weighted by Gasteiger charge is 2.20. The number of para-hydroxylation sites is 1. The second-order valence-electron chi connectivity index (χ2n) is 5.80. The largest absolute Gasteiger partial charge is 0.497 e. The molecule has 0 unspecified atom stereocenters. The molecule has 7 heteroatoms. The molecule has 0 atom stereocenters. The summed E-state index contributed by atoms with van der Waals surface area (Å²) in [7, 11) is 1.56. The Labute approximate surface area is 164 Å². The average molecular weight is 394 g/mol. The number of carbonyl (C=O) groups excluding carboxylic acids is 1. The van der Waals surface area contributed by atoms with Crippen molar-refractivity contribution in [3.05, 3.63) is 68.5 Å². The van der Waals surface area contributed by atoms with E-state index in [9.17, 15) is 9.90 Å². The number of carbonyl (C=O) groups is 1. The van der Waals surface area contributed by atoms with Crippen LogP contribution in [0.3, 0.4) is 0 Å². The van der Waals surface area contributed by atoms with Crippen LogP contribution < -0.4 is 4.74 Å². The van der Waals surface area contributed by atoms with Crippen LogP contribution in [0.5, 0.6) is 11.6 Å². The lowest BCUT2D eigenvalue weighted by Gasteiger charge is -2.05. The number of benzene rings is 2. The van der Waals surface area contributed by atoms with Gasteiger partial charge in [0.2, 0.25) is 5.88 Å². The maximum absolute atomic E-state index is 12.8. The monoisotopic (exact) mass is 394 g/mol. The van der Waals surface area contributed by atoms with Gasteiger partial charge in [-0.1, -0.05) is 18.2 Å². The van der Waals surface area contributed by atoms with Crippen LogP contribution in [0.2, 0.25) is 0 Å². The number of aromatic hydroxyl groups is 1. The molecule has 0 aliphatic carbocycles. The van der Waals surface area contributed by atoms with Gasteiger partial charge in [0.25, 0.3) is 5.91 Å². The molecule has 3 aromatic rings. The lowest BCUT2D eigenvalue weighted by Crippen LogP contribution is -2.11. The Kier molecular flexibility index (Phi) is 4.47. The molecule has 2 aromatic carbocycles. The van der Waals surface area contributed by atoms with E-state index in [0.717, 1.165) is 21.4 Å². The number of nitrogens with zero attached hydrogens (tertiary/aromatic N) is 2. The molecule has 1 N–H and O–H groups in total. The van der Waals surface area contributed by atoms with E-state index in [4.69, 9.17) is 17.0 Å². The molecular weight excluding hydrogens is 380 g/mol. The zero-order valence-corrected chi connectivity index (χ0v) is 15.9. The van der Waals surface area contributed by atoms with Gasteiger partial charge < -0.3 is 9.84 Å². The quantitative estimate of drug-likeness (QED) is 0.639. The van der Waals surface area contributed by atoms with Crippen LogP contribution in [-0.2, 0) is 0 Å². The summed E-state index contributed by atoms with van der Waals surface area (Å²) < 4.78 is 6.53. The Morgan fingerprint density at radius 1 is 1.22 bits per heavy atom. The Bertz CT molecular complexity index is 1150. The van der Waals surface area contributed by atoms with Gasteiger partial charge in [0, 0.05) is 22.9 Å². The summed E-state index contributed by atoms with van der Waals surface area (Å²) in [6, 6.07) is 14.4. The fourth-order valence-electron chi connectivity index (χ4n) is 2.81. The number of hydrogen-bond donors (Lipinski definition) is 1. The number of thiazole rings is 1. The first-order chi connectivity index (χ1) is 13.1. The average Bonchev–Trinajstić information content (AvgIpc) is 3.22. The van der Waals surface area contributed by atoms with E-state index in [1.807, 2.05) is 24.3 Å². The maximum Gasteiger partial charge on any atom is 0.266 e. The number of methoxy groups -OCH3 is 1. The van der Waals surface area contributed by atoms with Crippen LogP contribution in [0.25, 0.3) is 11.6 Å².